The summed E-state index contributed by atoms with van der Waals surface area (Å²) in [6.07, 6.45) is 3.73. The fourth-order valence-corrected chi connectivity index (χ4v) is 2.88. The first-order valence-electron chi connectivity index (χ1n) is 4.88. The minimum atomic E-state index is 0.324. The van der Waals surface area contributed by atoms with Gasteiger partial charge in [-0.15, -0.1) is 0 Å². The first-order chi connectivity index (χ1) is 7.63. The number of nitrogens with one attached hydrogen (secondary N) is 1. The molecule has 6 heteroatoms. The Bertz CT molecular complexity index is 561. The van der Waals surface area contributed by atoms with Crippen LogP contribution in [0.2, 0.25) is 5.02 Å². The quantitative estimate of drug-likeness (QED) is 0.867. The monoisotopic (exact) mass is 273 g/mol. The minimum absolute atomic E-state index is 0.324. The van der Waals surface area contributed by atoms with Gasteiger partial charge in [0, 0.05) is 18.0 Å². The average molecular weight is 274 g/mol. The molecule has 0 aromatic carbocycles. The van der Waals surface area contributed by atoms with Crippen LogP contribution in [-0.2, 0) is 0 Å². The standard InChI is InChI=1S/C10H12ClN3S2/c1-6(5-16-2)14-9-8(13-10(14)15)3-7(11)4-12-9/h3-4,6H,5H2,1-2H3,(H,13,15). The first kappa shape index (κ1) is 12.0. The van der Waals surface area contributed by atoms with Crippen LogP contribution in [0.5, 0.6) is 0 Å². The lowest BCUT2D eigenvalue weighted by atomic mass is 10.4. The predicted molar refractivity (Wildman–Crippen MR) is 73.0 cm³/mol. The van der Waals surface area contributed by atoms with E-state index < -0.39 is 0 Å². The zero-order valence-corrected chi connectivity index (χ0v) is 11.4. The molecule has 1 atom stereocenters. The van der Waals surface area contributed by atoms with Gasteiger partial charge in [-0.2, -0.15) is 11.8 Å². The van der Waals surface area contributed by atoms with Crippen LogP contribution >= 0.6 is 35.6 Å². The fraction of sp³-hybridized carbons (Fsp3) is 0.400. The van der Waals surface area contributed by atoms with Gasteiger partial charge in [0.1, 0.15) is 0 Å². The van der Waals surface area contributed by atoms with E-state index in [9.17, 15) is 0 Å². The molecule has 2 rings (SSSR count). The summed E-state index contributed by atoms with van der Waals surface area (Å²) in [7, 11) is 0. The number of aromatic amines is 1. The van der Waals surface area contributed by atoms with Crippen molar-refractivity contribution in [2.45, 2.75) is 13.0 Å². The molecule has 2 heterocycles. The van der Waals surface area contributed by atoms with Crippen molar-refractivity contribution in [2.75, 3.05) is 12.0 Å². The number of H-pyrrole nitrogens is 1. The van der Waals surface area contributed by atoms with Gasteiger partial charge in [-0.3, -0.25) is 4.57 Å². The van der Waals surface area contributed by atoms with Crippen LogP contribution in [-0.4, -0.2) is 26.5 Å². The lowest BCUT2D eigenvalue weighted by Crippen LogP contribution is -2.08. The maximum atomic E-state index is 5.89. The number of thioether (sulfide) groups is 1. The van der Waals surface area contributed by atoms with Gasteiger partial charge in [0.25, 0.3) is 0 Å². The first-order valence-corrected chi connectivity index (χ1v) is 7.06. The van der Waals surface area contributed by atoms with E-state index in [4.69, 9.17) is 23.8 Å². The van der Waals surface area contributed by atoms with Crippen molar-refractivity contribution in [3.8, 4) is 0 Å². The summed E-state index contributed by atoms with van der Waals surface area (Å²) in [6.45, 7) is 2.13. The summed E-state index contributed by atoms with van der Waals surface area (Å²) in [4.78, 5) is 7.46. The Labute approximate surface area is 108 Å². The van der Waals surface area contributed by atoms with Gasteiger partial charge in [-0.1, -0.05) is 11.6 Å². The third kappa shape index (κ3) is 2.12. The molecule has 0 fully saturated rings. The molecule has 0 aliphatic rings. The van der Waals surface area contributed by atoms with E-state index in [0.29, 0.717) is 15.8 Å². The molecule has 86 valence electrons. The number of rotatable bonds is 3. The van der Waals surface area contributed by atoms with Crippen molar-refractivity contribution >= 4 is 46.7 Å². The van der Waals surface area contributed by atoms with Gasteiger partial charge in [0.15, 0.2) is 10.4 Å². The second-order valence-corrected chi connectivity index (χ2v) is 5.36. The van der Waals surface area contributed by atoms with Crippen LogP contribution in [0.1, 0.15) is 13.0 Å². The Morgan fingerprint density at radius 2 is 2.44 bits per heavy atom. The number of aromatic nitrogens is 3. The van der Waals surface area contributed by atoms with Crippen molar-refractivity contribution < 1.29 is 0 Å². The van der Waals surface area contributed by atoms with Gasteiger partial charge in [0.2, 0.25) is 0 Å². The number of nitrogens with zero attached hydrogens (tertiary/aromatic N) is 2. The van der Waals surface area contributed by atoms with E-state index >= 15 is 0 Å². The van der Waals surface area contributed by atoms with Crippen LogP contribution in [0, 0.1) is 4.77 Å². The van der Waals surface area contributed by atoms with Crippen molar-refractivity contribution in [3.05, 3.63) is 22.1 Å². The highest BCUT2D eigenvalue weighted by atomic mass is 35.5. The molecule has 0 aliphatic carbocycles. The summed E-state index contributed by atoms with van der Waals surface area (Å²) in [5.74, 6) is 1.01. The molecule has 2 aromatic heterocycles. The van der Waals surface area contributed by atoms with E-state index in [0.717, 1.165) is 16.9 Å². The molecule has 1 unspecified atom stereocenters. The van der Waals surface area contributed by atoms with E-state index in [1.165, 1.54) is 0 Å². The van der Waals surface area contributed by atoms with Crippen molar-refractivity contribution in [1.29, 1.82) is 0 Å². The largest absolute Gasteiger partial charge is 0.329 e. The molecule has 0 aliphatic heterocycles. The normalized spacial score (nSPS) is 13.2. The molecule has 0 radical (unpaired) electrons. The minimum Gasteiger partial charge on any atom is -0.329 e. The topological polar surface area (TPSA) is 33.6 Å². The van der Waals surface area contributed by atoms with Gasteiger partial charge in [0.05, 0.1) is 10.5 Å². The highest BCUT2D eigenvalue weighted by molar-refractivity contribution is 7.98. The average Bonchev–Trinajstić information content (AvgIpc) is 2.53. The maximum absolute atomic E-state index is 5.89. The summed E-state index contributed by atoms with van der Waals surface area (Å²) in [5, 5.41) is 0.619. The fourth-order valence-electron chi connectivity index (χ4n) is 1.71. The lowest BCUT2D eigenvalue weighted by molar-refractivity contribution is 0.615. The summed E-state index contributed by atoms with van der Waals surface area (Å²) >= 11 is 13.0. The zero-order chi connectivity index (χ0) is 11.7. The van der Waals surface area contributed by atoms with Crippen LogP contribution in [0.25, 0.3) is 11.2 Å². The summed E-state index contributed by atoms with van der Waals surface area (Å²) < 4.78 is 2.74. The van der Waals surface area contributed by atoms with Crippen LogP contribution in [0.4, 0.5) is 0 Å². The smallest absolute Gasteiger partial charge is 0.179 e. The van der Waals surface area contributed by atoms with E-state index in [2.05, 4.69) is 23.1 Å². The van der Waals surface area contributed by atoms with Crippen molar-refractivity contribution in [2.24, 2.45) is 0 Å². The third-order valence-electron chi connectivity index (χ3n) is 2.37. The molecule has 1 N–H and O–H groups in total. The molecule has 3 nitrogen and oxygen atoms in total. The SMILES string of the molecule is CSCC(C)n1c(=S)[nH]c2cc(Cl)cnc21. The molecule has 16 heavy (non-hydrogen) atoms. The molecule has 2 aromatic rings. The molecular weight excluding hydrogens is 262 g/mol. The predicted octanol–water partition coefficient (Wildman–Crippen LogP) is 3.67. The van der Waals surface area contributed by atoms with Crippen molar-refractivity contribution in [3.63, 3.8) is 0 Å². The highest BCUT2D eigenvalue weighted by Gasteiger charge is 2.11. The zero-order valence-electron chi connectivity index (χ0n) is 9.03. The van der Waals surface area contributed by atoms with Crippen LogP contribution < -0.4 is 0 Å². The van der Waals surface area contributed by atoms with Crippen molar-refractivity contribution in [1.82, 2.24) is 14.5 Å². The number of pyridine rings is 1. The van der Waals surface area contributed by atoms with Gasteiger partial charge >= 0.3 is 0 Å². The number of imidazole rings is 1. The number of halogens is 1. The van der Waals surface area contributed by atoms with Crippen LogP contribution in [0.15, 0.2) is 12.3 Å². The Balaban J connectivity index is 2.60. The Kier molecular flexibility index (Phi) is 3.56. The maximum Gasteiger partial charge on any atom is 0.179 e. The molecule has 0 spiro atoms. The Morgan fingerprint density at radius 1 is 1.69 bits per heavy atom. The van der Waals surface area contributed by atoms with E-state index in [-0.39, 0.29) is 0 Å². The van der Waals surface area contributed by atoms with Gasteiger partial charge < -0.3 is 4.98 Å². The molecule has 0 saturated carbocycles. The second kappa shape index (κ2) is 4.77. The number of hydrogen-bond donors (Lipinski definition) is 1. The molecular formula is C10H12ClN3S2. The Morgan fingerprint density at radius 3 is 3.12 bits per heavy atom. The van der Waals surface area contributed by atoms with Gasteiger partial charge in [-0.05, 0) is 31.5 Å². The van der Waals surface area contributed by atoms with Crippen LogP contribution in [0.3, 0.4) is 0 Å². The lowest BCUT2D eigenvalue weighted by Gasteiger charge is -2.12. The third-order valence-corrected chi connectivity index (χ3v) is 3.69. The second-order valence-electron chi connectivity index (χ2n) is 3.63. The summed E-state index contributed by atoms with van der Waals surface area (Å²) in [5.41, 5.74) is 1.77. The molecule has 0 bridgehead atoms. The Hall–Kier alpha value is -0.520. The van der Waals surface area contributed by atoms with E-state index in [1.54, 1.807) is 18.0 Å². The summed E-state index contributed by atoms with van der Waals surface area (Å²) in [6, 6.07) is 2.17. The highest BCUT2D eigenvalue weighted by Crippen LogP contribution is 2.21. The molecule has 0 amide bonds. The van der Waals surface area contributed by atoms with E-state index in [1.807, 2.05) is 10.6 Å². The number of hydrogen-bond acceptors (Lipinski definition) is 3. The molecule has 0 saturated heterocycles. The number of fused-ring (bicyclic) bond motifs is 1. The van der Waals surface area contributed by atoms with Gasteiger partial charge in [-0.25, -0.2) is 4.98 Å².